The number of likely N-dealkylation sites (tertiary alicyclic amines) is 1. The number of nitrogens with zero attached hydrogens (tertiary/aromatic N) is 1. The molecule has 0 radical (unpaired) electrons. The van der Waals surface area contributed by atoms with Gasteiger partial charge in [-0.15, -0.1) is 0 Å². The first-order valence-corrected chi connectivity index (χ1v) is 6.49. The number of aliphatic hydroxyl groups is 1. The number of carboxylic acids is 1. The number of carboxylic acid groups (broad SMARTS) is 1. The van der Waals surface area contributed by atoms with Gasteiger partial charge in [0.2, 0.25) is 0 Å². The van der Waals surface area contributed by atoms with Gasteiger partial charge in [-0.2, -0.15) is 0 Å². The smallest absolute Gasteiger partial charge is 0.329 e. The molecule has 6 heteroatoms. The molecule has 0 aromatic carbocycles. The number of nitrogens with one attached hydrogen (secondary N) is 1. The third-order valence-corrected chi connectivity index (χ3v) is 4.04. The molecule has 2 amide bonds. The summed E-state index contributed by atoms with van der Waals surface area (Å²) in [5.74, 6) is -0.814. The average Bonchev–Trinajstić information content (AvgIpc) is 2.97. The fourth-order valence-electron chi connectivity index (χ4n) is 2.82. The third-order valence-electron chi connectivity index (χ3n) is 4.04. The summed E-state index contributed by atoms with van der Waals surface area (Å²) < 4.78 is 0. The maximum absolute atomic E-state index is 12.0. The summed E-state index contributed by atoms with van der Waals surface area (Å²) in [5.41, 5.74) is -1.08. The number of carbonyl (C=O) groups excluding carboxylic acids is 1. The molecule has 1 atom stereocenters. The van der Waals surface area contributed by atoms with Crippen LogP contribution in [-0.2, 0) is 4.79 Å². The van der Waals surface area contributed by atoms with Crippen LogP contribution < -0.4 is 5.32 Å². The maximum Gasteiger partial charge on any atom is 0.329 e. The molecule has 1 saturated carbocycles. The molecule has 3 N–H and O–H groups in total. The van der Waals surface area contributed by atoms with E-state index >= 15 is 0 Å². The van der Waals surface area contributed by atoms with E-state index in [1.807, 2.05) is 0 Å². The molecule has 0 aromatic heterocycles. The second kappa shape index (κ2) is 5.14. The Kier molecular flexibility index (Phi) is 3.75. The van der Waals surface area contributed by atoms with Crippen molar-refractivity contribution in [1.82, 2.24) is 10.2 Å². The zero-order chi connectivity index (χ0) is 13.2. The Balaban J connectivity index is 1.96. The van der Waals surface area contributed by atoms with E-state index in [-0.39, 0.29) is 18.6 Å². The Morgan fingerprint density at radius 1 is 1.33 bits per heavy atom. The molecule has 0 aromatic rings. The highest BCUT2D eigenvalue weighted by Crippen LogP contribution is 2.30. The number of rotatable bonds is 3. The second-order valence-corrected chi connectivity index (χ2v) is 5.31. The van der Waals surface area contributed by atoms with Crippen molar-refractivity contribution in [3.05, 3.63) is 0 Å². The first-order chi connectivity index (χ1) is 8.57. The molecule has 1 saturated heterocycles. The number of amides is 2. The van der Waals surface area contributed by atoms with Gasteiger partial charge in [-0.05, 0) is 19.3 Å². The van der Waals surface area contributed by atoms with Crippen LogP contribution in [0.3, 0.4) is 0 Å². The van der Waals surface area contributed by atoms with Gasteiger partial charge in [0.15, 0.2) is 0 Å². The molecule has 1 aliphatic carbocycles. The Hall–Kier alpha value is -1.30. The minimum absolute atomic E-state index is 0.0772. The summed E-state index contributed by atoms with van der Waals surface area (Å²) in [4.78, 5) is 25.0. The predicted octanol–water partition coefficient (Wildman–Crippen LogP) is 0.408. The molecule has 6 nitrogen and oxygen atoms in total. The van der Waals surface area contributed by atoms with Crippen LogP contribution in [0.2, 0.25) is 0 Å². The SMILES string of the molecule is O=C(NC1(C(=O)O)CCCC1)N1CCC(CO)C1. The van der Waals surface area contributed by atoms with E-state index in [2.05, 4.69) is 5.32 Å². The first kappa shape index (κ1) is 13.1. The summed E-state index contributed by atoms with van der Waals surface area (Å²) in [5, 5.41) is 21.0. The topological polar surface area (TPSA) is 89.9 Å². The van der Waals surface area contributed by atoms with Gasteiger partial charge in [-0.25, -0.2) is 9.59 Å². The van der Waals surface area contributed by atoms with Crippen molar-refractivity contribution in [3.63, 3.8) is 0 Å². The molecule has 1 aliphatic heterocycles. The van der Waals surface area contributed by atoms with Crippen molar-refractivity contribution in [1.29, 1.82) is 0 Å². The molecule has 102 valence electrons. The van der Waals surface area contributed by atoms with Crippen LogP contribution in [0.25, 0.3) is 0 Å². The quantitative estimate of drug-likeness (QED) is 0.682. The number of aliphatic hydroxyl groups excluding tert-OH is 1. The minimum Gasteiger partial charge on any atom is -0.480 e. The van der Waals surface area contributed by atoms with Crippen molar-refractivity contribution in [2.45, 2.75) is 37.6 Å². The molecule has 0 spiro atoms. The molecule has 2 aliphatic rings. The van der Waals surface area contributed by atoms with E-state index in [0.717, 1.165) is 19.3 Å². The average molecular weight is 256 g/mol. The second-order valence-electron chi connectivity index (χ2n) is 5.31. The van der Waals surface area contributed by atoms with Crippen molar-refractivity contribution >= 4 is 12.0 Å². The van der Waals surface area contributed by atoms with Crippen LogP contribution in [0.4, 0.5) is 4.79 Å². The zero-order valence-corrected chi connectivity index (χ0v) is 10.4. The van der Waals surface area contributed by atoms with E-state index < -0.39 is 11.5 Å². The fraction of sp³-hybridized carbons (Fsp3) is 0.833. The molecule has 18 heavy (non-hydrogen) atoms. The number of hydrogen-bond acceptors (Lipinski definition) is 3. The molecular formula is C12H20N2O4. The number of aliphatic carboxylic acids is 1. The van der Waals surface area contributed by atoms with Crippen LogP contribution in [-0.4, -0.2) is 52.3 Å². The lowest BCUT2D eigenvalue weighted by atomic mass is 9.98. The van der Waals surface area contributed by atoms with E-state index in [4.69, 9.17) is 5.11 Å². The van der Waals surface area contributed by atoms with Crippen molar-refractivity contribution in [2.24, 2.45) is 5.92 Å². The number of carbonyl (C=O) groups is 2. The van der Waals surface area contributed by atoms with Gasteiger partial charge in [0.25, 0.3) is 0 Å². The lowest BCUT2D eigenvalue weighted by molar-refractivity contribution is -0.144. The van der Waals surface area contributed by atoms with Gasteiger partial charge in [0.1, 0.15) is 5.54 Å². The van der Waals surface area contributed by atoms with Gasteiger partial charge in [-0.3, -0.25) is 0 Å². The monoisotopic (exact) mass is 256 g/mol. The standard InChI is InChI=1S/C12H20N2O4/c15-8-9-3-6-14(7-9)11(18)13-12(10(16)17)4-1-2-5-12/h9,15H,1-8H2,(H,13,18)(H,16,17). The van der Waals surface area contributed by atoms with Crippen molar-refractivity contribution in [2.75, 3.05) is 19.7 Å². The summed E-state index contributed by atoms with van der Waals surface area (Å²) in [7, 11) is 0. The van der Waals surface area contributed by atoms with Gasteiger partial charge in [0, 0.05) is 25.6 Å². The van der Waals surface area contributed by atoms with E-state index in [1.54, 1.807) is 4.90 Å². The van der Waals surface area contributed by atoms with Crippen LogP contribution in [0, 0.1) is 5.92 Å². The highest BCUT2D eigenvalue weighted by molar-refractivity contribution is 5.86. The normalized spacial score (nSPS) is 26.3. The highest BCUT2D eigenvalue weighted by atomic mass is 16.4. The van der Waals surface area contributed by atoms with Crippen LogP contribution in [0.15, 0.2) is 0 Å². The lowest BCUT2D eigenvalue weighted by Crippen LogP contribution is -2.56. The summed E-state index contributed by atoms with van der Waals surface area (Å²) >= 11 is 0. The third kappa shape index (κ3) is 2.43. The van der Waals surface area contributed by atoms with Gasteiger partial charge < -0.3 is 20.4 Å². The van der Waals surface area contributed by atoms with Gasteiger partial charge in [0.05, 0.1) is 0 Å². The Bertz CT molecular complexity index is 339. The van der Waals surface area contributed by atoms with Crippen LogP contribution >= 0.6 is 0 Å². The Morgan fingerprint density at radius 3 is 2.50 bits per heavy atom. The molecule has 2 rings (SSSR count). The van der Waals surface area contributed by atoms with Gasteiger partial charge >= 0.3 is 12.0 Å². The van der Waals surface area contributed by atoms with Crippen molar-refractivity contribution < 1.29 is 19.8 Å². The van der Waals surface area contributed by atoms with Crippen LogP contribution in [0.1, 0.15) is 32.1 Å². The molecule has 1 heterocycles. The van der Waals surface area contributed by atoms with E-state index in [0.29, 0.717) is 25.9 Å². The predicted molar refractivity (Wildman–Crippen MR) is 64.1 cm³/mol. The van der Waals surface area contributed by atoms with Gasteiger partial charge in [-0.1, -0.05) is 12.8 Å². The van der Waals surface area contributed by atoms with Crippen LogP contribution in [0.5, 0.6) is 0 Å². The largest absolute Gasteiger partial charge is 0.480 e. The molecule has 1 unspecified atom stereocenters. The fourth-order valence-corrected chi connectivity index (χ4v) is 2.82. The van der Waals surface area contributed by atoms with E-state index in [1.165, 1.54) is 0 Å². The lowest BCUT2D eigenvalue weighted by Gasteiger charge is -2.28. The summed E-state index contributed by atoms with van der Waals surface area (Å²) in [6.07, 6.45) is 3.47. The number of hydrogen-bond donors (Lipinski definition) is 3. The maximum atomic E-state index is 12.0. The van der Waals surface area contributed by atoms with Crippen molar-refractivity contribution in [3.8, 4) is 0 Å². The number of urea groups is 1. The molecule has 2 fully saturated rings. The zero-order valence-electron chi connectivity index (χ0n) is 10.4. The molecular weight excluding hydrogens is 236 g/mol. The molecule has 0 bridgehead atoms. The summed E-state index contributed by atoms with van der Waals surface area (Å²) in [6.45, 7) is 1.18. The van der Waals surface area contributed by atoms with E-state index in [9.17, 15) is 14.7 Å². The Morgan fingerprint density at radius 2 is 2.00 bits per heavy atom. The summed E-state index contributed by atoms with van der Waals surface area (Å²) in [6, 6.07) is -0.310. The Labute approximate surface area is 106 Å². The first-order valence-electron chi connectivity index (χ1n) is 6.49. The highest BCUT2D eigenvalue weighted by Gasteiger charge is 2.43. The minimum atomic E-state index is -1.08.